The van der Waals surface area contributed by atoms with Crippen LogP contribution in [0.2, 0.25) is 0 Å². The molecule has 1 aromatic carbocycles. The Bertz CT molecular complexity index is 459. The van der Waals surface area contributed by atoms with Crippen molar-refractivity contribution in [3.63, 3.8) is 0 Å². The molecule has 5 nitrogen and oxygen atoms in total. The van der Waals surface area contributed by atoms with E-state index in [0.29, 0.717) is 18.5 Å². The lowest BCUT2D eigenvalue weighted by atomic mass is 9.98. The van der Waals surface area contributed by atoms with Gasteiger partial charge in [-0.3, -0.25) is 4.79 Å². The highest BCUT2D eigenvalue weighted by molar-refractivity contribution is 5.95. The van der Waals surface area contributed by atoms with Gasteiger partial charge in [0, 0.05) is 24.8 Å². The summed E-state index contributed by atoms with van der Waals surface area (Å²) < 4.78 is 0. The maximum absolute atomic E-state index is 12.4. The maximum Gasteiger partial charge on any atom is 0.254 e. The maximum atomic E-state index is 12.4. The van der Waals surface area contributed by atoms with Crippen LogP contribution >= 0.6 is 0 Å². The quantitative estimate of drug-likeness (QED) is 0.723. The summed E-state index contributed by atoms with van der Waals surface area (Å²) in [5, 5.41) is 27.8. The van der Waals surface area contributed by atoms with Crippen molar-refractivity contribution >= 4 is 5.91 Å². The average Bonchev–Trinajstić information content (AvgIpc) is 2.42. The Balaban J connectivity index is 2.18. The summed E-state index contributed by atoms with van der Waals surface area (Å²) in [6.07, 6.45) is 3.50. The van der Waals surface area contributed by atoms with E-state index in [1.807, 2.05) is 0 Å². The molecule has 0 aromatic heterocycles. The number of piperidine rings is 1. The van der Waals surface area contributed by atoms with Crippen LogP contribution in [0.25, 0.3) is 0 Å². The van der Waals surface area contributed by atoms with Crippen molar-refractivity contribution in [1.82, 2.24) is 4.90 Å². The van der Waals surface area contributed by atoms with Gasteiger partial charge in [-0.25, -0.2) is 0 Å². The fraction of sp³-hybridized carbons (Fsp3) is 0.500. The summed E-state index contributed by atoms with van der Waals surface area (Å²) in [7, 11) is 0. The van der Waals surface area contributed by atoms with E-state index >= 15 is 0 Å². The zero-order valence-corrected chi connectivity index (χ0v) is 10.7. The smallest absolute Gasteiger partial charge is 0.254 e. The molecule has 19 heavy (non-hydrogen) atoms. The Morgan fingerprint density at radius 1 is 1.26 bits per heavy atom. The Hall–Kier alpha value is -1.75. The molecule has 1 atom stereocenters. The third-order valence-electron chi connectivity index (χ3n) is 3.57. The minimum Gasteiger partial charge on any atom is -0.504 e. The van der Waals surface area contributed by atoms with Crippen LogP contribution in [0.1, 0.15) is 36.0 Å². The number of aliphatic hydroxyl groups is 1. The van der Waals surface area contributed by atoms with Crippen molar-refractivity contribution in [3.05, 3.63) is 23.8 Å². The second-order valence-electron chi connectivity index (χ2n) is 4.86. The number of phenols is 2. The lowest BCUT2D eigenvalue weighted by molar-refractivity contribution is 0.0574. The molecule has 1 aromatic rings. The van der Waals surface area contributed by atoms with Crippen LogP contribution in [0.15, 0.2) is 18.2 Å². The number of amides is 1. The Morgan fingerprint density at radius 2 is 2.05 bits per heavy atom. The van der Waals surface area contributed by atoms with E-state index in [1.54, 1.807) is 4.90 Å². The van der Waals surface area contributed by atoms with E-state index in [-0.39, 0.29) is 30.1 Å². The molecule has 0 spiro atoms. The number of rotatable bonds is 3. The van der Waals surface area contributed by atoms with Crippen LogP contribution in [0.3, 0.4) is 0 Å². The second-order valence-corrected chi connectivity index (χ2v) is 4.86. The molecule has 1 unspecified atom stereocenters. The van der Waals surface area contributed by atoms with Gasteiger partial charge in [0.05, 0.1) is 0 Å². The van der Waals surface area contributed by atoms with Gasteiger partial charge in [0.15, 0.2) is 11.5 Å². The number of nitrogens with zero attached hydrogens (tertiary/aromatic N) is 1. The van der Waals surface area contributed by atoms with Crippen molar-refractivity contribution in [2.45, 2.75) is 31.7 Å². The SMILES string of the molecule is O=C(c1ccc(O)c(O)c1)N1CCCCC1CCO. The van der Waals surface area contributed by atoms with E-state index in [9.17, 15) is 15.0 Å². The van der Waals surface area contributed by atoms with Crippen LogP contribution in [0, 0.1) is 0 Å². The van der Waals surface area contributed by atoms with Crippen LogP contribution < -0.4 is 0 Å². The average molecular weight is 265 g/mol. The molecule has 5 heteroatoms. The number of aliphatic hydroxyl groups excluding tert-OH is 1. The van der Waals surface area contributed by atoms with Crippen molar-refractivity contribution in [1.29, 1.82) is 0 Å². The van der Waals surface area contributed by atoms with Gasteiger partial charge in [-0.15, -0.1) is 0 Å². The number of likely N-dealkylation sites (tertiary alicyclic amines) is 1. The van der Waals surface area contributed by atoms with E-state index in [1.165, 1.54) is 18.2 Å². The molecular formula is C14H19NO4. The first kappa shape index (κ1) is 13.7. The molecular weight excluding hydrogens is 246 g/mol. The zero-order valence-electron chi connectivity index (χ0n) is 10.7. The lowest BCUT2D eigenvalue weighted by Crippen LogP contribution is -2.44. The van der Waals surface area contributed by atoms with E-state index < -0.39 is 0 Å². The van der Waals surface area contributed by atoms with Gasteiger partial charge in [-0.2, -0.15) is 0 Å². The highest BCUT2D eigenvalue weighted by atomic mass is 16.3. The normalized spacial score (nSPS) is 19.4. The standard InChI is InChI=1S/C14H19NO4/c16-8-6-11-3-1-2-7-15(11)14(19)10-4-5-12(17)13(18)9-10/h4-5,9,11,16-18H,1-3,6-8H2. The Labute approximate surface area is 112 Å². The van der Waals surface area contributed by atoms with Crippen LogP contribution in [-0.4, -0.2) is 45.3 Å². The zero-order chi connectivity index (χ0) is 13.8. The Kier molecular flexibility index (Phi) is 4.27. The molecule has 1 amide bonds. The minimum atomic E-state index is -0.290. The largest absolute Gasteiger partial charge is 0.504 e. The predicted octanol–water partition coefficient (Wildman–Crippen LogP) is 1.47. The van der Waals surface area contributed by atoms with Gasteiger partial charge in [-0.05, 0) is 43.9 Å². The van der Waals surface area contributed by atoms with Crippen LogP contribution in [-0.2, 0) is 0 Å². The first-order valence-corrected chi connectivity index (χ1v) is 6.57. The highest BCUT2D eigenvalue weighted by Crippen LogP contribution is 2.27. The highest BCUT2D eigenvalue weighted by Gasteiger charge is 2.27. The van der Waals surface area contributed by atoms with E-state index in [2.05, 4.69) is 0 Å². The number of aromatic hydroxyl groups is 2. The van der Waals surface area contributed by atoms with Gasteiger partial charge in [0.25, 0.3) is 5.91 Å². The lowest BCUT2D eigenvalue weighted by Gasteiger charge is -2.35. The van der Waals surface area contributed by atoms with Crippen LogP contribution in [0.5, 0.6) is 11.5 Å². The van der Waals surface area contributed by atoms with Crippen LogP contribution in [0.4, 0.5) is 0 Å². The van der Waals surface area contributed by atoms with Crippen molar-refractivity contribution in [2.24, 2.45) is 0 Å². The van der Waals surface area contributed by atoms with Gasteiger partial charge >= 0.3 is 0 Å². The number of phenolic OH excluding ortho intramolecular Hbond substituents is 2. The monoisotopic (exact) mass is 265 g/mol. The Morgan fingerprint density at radius 3 is 2.74 bits per heavy atom. The number of benzene rings is 1. The second kappa shape index (κ2) is 5.93. The molecule has 104 valence electrons. The summed E-state index contributed by atoms with van der Waals surface area (Å²) in [6.45, 7) is 0.737. The molecule has 3 N–H and O–H groups in total. The van der Waals surface area contributed by atoms with Crippen molar-refractivity contribution in [3.8, 4) is 11.5 Å². The minimum absolute atomic E-state index is 0.0576. The predicted molar refractivity (Wildman–Crippen MR) is 70.1 cm³/mol. The first-order valence-electron chi connectivity index (χ1n) is 6.57. The summed E-state index contributed by atoms with van der Waals surface area (Å²) >= 11 is 0. The summed E-state index contributed by atoms with van der Waals surface area (Å²) in [6, 6.07) is 4.15. The molecule has 0 aliphatic carbocycles. The molecule has 0 radical (unpaired) electrons. The van der Waals surface area contributed by atoms with E-state index in [0.717, 1.165) is 19.3 Å². The number of carbonyl (C=O) groups is 1. The summed E-state index contributed by atoms with van der Waals surface area (Å²) in [4.78, 5) is 14.2. The molecule has 1 saturated heterocycles. The fourth-order valence-corrected chi connectivity index (χ4v) is 2.54. The number of hydrogen-bond acceptors (Lipinski definition) is 4. The molecule has 0 bridgehead atoms. The third kappa shape index (κ3) is 2.98. The molecule has 1 fully saturated rings. The molecule has 2 rings (SSSR count). The fourth-order valence-electron chi connectivity index (χ4n) is 2.54. The van der Waals surface area contributed by atoms with Gasteiger partial charge in [0.2, 0.25) is 0 Å². The van der Waals surface area contributed by atoms with E-state index in [4.69, 9.17) is 5.11 Å². The van der Waals surface area contributed by atoms with Crippen molar-refractivity contribution in [2.75, 3.05) is 13.2 Å². The van der Waals surface area contributed by atoms with Gasteiger partial charge in [-0.1, -0.05) is 0 Å². The third-order valence-corrected chi connectivity index (χ3v) is 3.57. The topological polar surface area (TPSA) is 81.0 Å². The number of carbonyl (C=O) groups excluding carboxylic acids is 1. The van der Waals surface area contributed by atoms with Gasteiger partial charge < -0.3 is 20.2 Å². The van der Waals surface area contributed by atoms with Gasteiger partial charge in [0.1, 0.15) is 0 Å². The molecule has 1 aliphatic heterocycles. The molecule has 1 heterocycles. The first-order chi connectivity index (χ1) is 9.13. The summed E-state index contributed by atoms with van der Waals surface area (Å²) in [5.41, 5.74) is 0.361. The molecule has 0 saturated carbocycles. The number of hydrogen-bond donors (Lipinski definition) is 3. The summed E-state index contributed by atoms with van der Waals surface area (Å²) in [5.74, 6) is -0.683. The van der Waals surface area contributed by atoms with Crippen molar-refractivity contribution < 1.29 is 20.1 Å². The molecule has 1 aliphatic rings.